The van der Waals surface area contributed by atoms with Crippen molar-refractivity contribution in [3.63, 3.8) is 0 Å². The predicted molar refractivity (Wildman–Crippen MR) is 79.1 cm³/mol. The van der Waals surface area contributed by atoms with E-state index in [1.165, 1.54) is 12.1 Å². The number of halogens is 1. The number of fused-ring (bicyclic) bond motifs is 1. The van der Waals surface area contributed by atoms with Crippen LogP contribution in [0.25, 0.3) is 17.0 Å². The highest BCUT2D eigenvalue weighted by Gasteiger charge is 2.16. The molecule has 3 aromatic rings. The molecule has 0 saturated carbocycles. The van der Waals surface area contributed by atoms with Crippen LogP contribution in [0, 0.1) is 12.7 Å². The zero-order chi connectivity index (χ0) is 15.7. The molecular formula is C16H14FN3O2. The van der Waals surface area contributed by atoms with Gasteiger partial charge >= 0.3 is 5.97 Å². The molecule has 2 aromatic heterocycles. The molecule has 0 unspecified atom stereocenters. The number of ether oxygens (including phenoxy) is 1. The van der Waals surface area contributed by atoms with Crippen LogP contribution in [-0.4, -0.2) is 26.9 Å². The third-order valence-corrected chi connectivity index (χ3v) is 3.29. The zero-order valence-corrected chi connectivity index (χ0v) is 12.2. The lowest BCUT2D eigenvalue weighted by molar-refractivity contribution is 0.0528. The Kier molecular flexibility index (Phi) is 3.58. The smallest absolute Gasteiger partial charge is 0.341 e. The summed E-state index contributed by atoms with van der Waals surface area (Å²) in [4.78, 5) is 20.8. The summed E-state index contributed by atoms with van der Waals surface area (Å²) in [6.45, 7) is 3.86. The van der Waals surface area contributed by atoms with Crippen molar-refractivity contribution in [2.45, 2.75) is 13.8 Å². The second-order valence-corrected chi connectivity index (χ2v) is 4.74. The van der Waals surface area contributed by atoms with Crippen molar-refractivity contribution in [2.24, 2.45) is 0 Å². The number of nitrogens with zero attached hydrogens (tertiary/aromatic N) is 3. The number of esters is 1. The fourth-order valence-corrected chi connectivity index (χ4v) is 2.23. The summed E-state index contributed by atoms with van der Waals surface area (Å²) >= 11 is 0. The van der Waals surface area contributed by atoms with E-state index in [1.807, 2.05) is 6.92 Å². The third-order valence-electron chi connectivity index (χ3n) is 3.29. The van der Waals surface area contributed by atoms with Crippen LogP contribution in [0.1, 0.15) is 23.1 Å². The molecule has 0 saturated heterocycles. The van der Waals surface area contributed by atoms with Crippen LogP contribution in [0.2, 0.25) is 0 Å². The van der Waals surface area contributed by atoms with Crippen LogP contribution in [0.3, 0.4) is 0 Å². The lowest BCUT2D eigenvalue weighted by Gasteiger charge is -2.06. The van der Waals surface area contributed by atoms with Crippen molar-refractivity contribution < 1.29 is 13.9 Å². The Labute approximate surface area is 126 Å². The average molecular weight is 299 g/mol. The van der Waals surface area contributed by atoms with Crippen molar-refractivity contribution in [3.8, 4) is 11.4 Å². The molecule has 6 heteroatoms. The summed E-state index contributed by atoms with van der Waals surface area (Å²) in [5.74, 6) is 0.374. The summed E-state index contributed by atoms with van der Waals surface area (Å²) in [6.07, 6.45) is 1.73. The number of aromatic nitrogens is 3. The van der Waals surface area contributed by atoms with E-state index in [-0.39, 0.29) is 5.82 Å². The van der Waals surface area contributed by atoms with Crippen LogP contribution in [0.15, 0.2) is 36.5 Å². The van der Waals surface area contributed by atoms with E-state index in [0.717, 1.165) is 0 Å². The number of carbonyl (C=O) groups is 1. The molecule has 0 spiro atoms. The van der Waals surface area contributed by atoms with Gasteiger partial charge < -0.3 is 4.74 Å². The lowest BCUT2D eigenvalue weighted by Crippen LogP contribution is -2.07. The standard InChI is InChI=1S/C16H14FN3O2/c1-3-22-16(21)13-8-9-20-10(2)18-14(19-15(13)20)11-4-6-12(17)7-5-11/h4-9H,3H2,1-2H3. The van der Waals surface area contributed by atoms with Gasteiger partial charge in [-0.15, -0.1) is 0 Å². The highest BCUT2D eigenvalue weighted by Crippen LogP contribution is 2.20. The highest BCUT2D eigenvalue weighted by atomic mass is 19.1. The Bertz CT molecular complexity index is 840. The number of carbonyl (C=O) groups excluding carboxylic acids is 1. The number of hydrogen-bond acceptors (Lipinski definition) is 4. The third kappa shape index (κ3) is 2.43. The normalized spacial score (nSPS) is 10.9. The fraction of sp³-hybridized carbons (Fsp3) is 0.188. The Morgan fingerprint density at radius 1 is 1.23 bits per heavy atom. The number of benzene rings is 1. The molecular weight excluding hydrogens is 285 g/mol. The van der Waals surface area contributed by atoms with Crippen LogP contribution < -0.4 is 0 Å². The lowest BCUT2D eigenvalue weighted by atomic mass is 10.2. The molecule has 2 heterocycles. The SMILES string of the molecule is CCOC(=O)c1ccn2c(C)nc(-c3ccc(F)cc3)nc12. The first-order chi connectivity index (χ1) is 10.6. The molecule has 0 aliphatic heterocycles. The molecule has 0 N–H and O–H groups in total. The van der Waals surface area contributed by atoms with Gasteiger partial charge in [0.05, 0.1) is 6.61 Å². The van der Waals surface area contributed by atoms with Crippen LogP contribution >= 0.6 is 0 Å². The molecule has 0 fully saturated rings. The van der Waals surface area contributed by atoms with E-state index < -0.39 is 5.97 Å². The Morgan fingerprint density at radius 3 is 2.64 bits per heavy atom. The van der Waals surface area contributed by atoms with Gasteiger partial charge in [0.1, 0.15) is 17.2 Å². The maximum atomic E-state index is 13.0. The second-order valence-electron chi connectivity index (χ2n) is 4.74. The van der Waals surface area contributed by atoms with E-state index in [2.05, 4.69) is 9.97 Å². The maximum Gasteiger partial charge on any atom is 0.341 e. The van der Waals surface area contributed by atoms with Crippen LogP contribution in [0.5, 0.6) is 0 Å². The van der Waals surface area contributed by atoms with Gasteiger partial charge in [0.15, 0.2) is 11.5 Å². The fourth-order valence-electron chi connectivity index (χ4n) is 2.23. The predicted octanol–water partition coefficient (Wildman–Crippen LogP) is 3.02. The Morgan fingerprint density at radius 2 is 1.95 bits per heavy atom. The molecule has 5 nitrogen and oxygen atoms in total. The van der Waals surface area contributed by atoms with Gasteiger partial charge in [-0.25, -0.2) is 19.2 Å². The van der Waals surface area contributed by atoms with Gasteiger partial charge in [-0.3, -0.25) is 4.40 Å². The molecule has 112 valence electrons. The first-order valence-corrected chi connectivity index (χ1v) is 6.89. The van der Waals surface area contributed by atoms with E-state index in [9.17, 15) is 9.18 Å². The van der Waals surface area contributed by atoms with Gasteiger partial charge in [-0.2, -0.15) is 0 Å². The minimum atomic E-state index is -0.423. The van der Waals surface area contributed by atoms with Crippen molar-refractivity contribution in [2.75, 3.05) is 6.61 Å². The summed E-state index contributed by atoms with van der Waals surface area (Å²) < 4.78 is 19.8. The maximum absolute atomic E-state index is 13.0. The number of rotatable bonds is 3. The molecule has 22 heavy (non-hydrogen) atoms. The van der Waals surface area contributed by atoms with Gasteiger partial charge in [-0.05, 0) is 44.2 Å². The van der Waals surface area contributed by atoms with E-state index in [4.69, 9.17) is 4.74 Å². The number of hydrogen-bond donors (Lipinski definition) is 0. The first kappa shape index (κ1) is 14.2. The topological polar surface area (TPSA) is 56.5 Å². The average Bonchev–Trinajstić information content (AvgIpc) is 2.92. The zero-order valence-electron chi connectivity index (χ0n) is 12.2. The second kappa shape index (κ2) is 5.55. The van der Waals surface area contributed by atoms with Crippen molar-refractivity contribution in [3.05, 3.63) is 53.7 Å². The van der Waals surface area contributed by atoms with Crippen molar-refractivity contribution in [1.29, 1.82) is 0 Å². The monoisotopic (exact) mass is 299 g/mol. The largest absolute Gasteiger partial charge is 0.462 e. The molecule has 0 aliphatic rings. The van der Waals surface area contributed by atoms with Crippen molar-refractivity contribution in [1.82, 2.24) is 14.4 Å². The molecule has 0 atom stereocenters. The first-order valence-electron chi connectivity index (χ1n) is 6.89. The molecule has 3 rings (SSSR count). The summed E-state index contributed by atoms with van der Waals surface area (Å²) in [7, 11) is 0. The van der Waals surface area contributed by atoms with Gasteiger partial charge in [0, 0.05) is 11.8 Å². The summed E-state index contributed by atoms with van der Waals surface area (Å²) in [5, 5.41) is 0. The molecule has 0 bridgehead atoms. The van der Waals surface area contributed by atoms with Crippen LogP contribution in [0.4, 0.5) is 4.39 Å². The minimum Gasteiger partial charge on any atom is -0.462 e. The highest BCUT2D eigenvalue weighted by molar-refractivity contribution is 5.96. The van der Waals surface area contributed by atoms with Gasteiger partial charge in [0.2, 0.25) is 0 Å². The number of aryl methyl sites for hydroxylation is 1. The quantitative estimate of drug-likeness (QED) is 0.698. The summed E-state index contributed by atoms with van der Waals surface area (Å²) in [5.41, 5.74) is 1.55. The van der Waals surface area contributed by atoms with E-state index in [1.54, 1.807) is 35.7 Å². The minimum absolute atomic E-state index is 0.297. The Balaban J connectivity index is 2.15. The van der Waals surface area contributed by atoms with E-state index in [0.29, 0.717) is 35.0 Å². The van der Waals surface area contributed by atoms with Crippen LogP contribution in [-0.2, 0) is 4.74 Å². The van der Waals surface area contributed by atoms with Gasteiger partial charge in [-0.1, -0.05) is 0 Å². The molecule has 0 radical (unpaired) electrons. The molecule has 0 amide bonds. The van der Waals surface area contributed by atoms with Crippen molar-refractivity contribution >= 4 is 11.6 Å². The summed E-state index contributed by atoms with van der Waals surface area (Å²) in [6, 6.07) is 7.57. The molecule has 1 aromatic carbocycles. The van der Waals surface area contributed by atoms with E-state index >= 15 is 0 Å². The Hall–Kier alpha value is -2.76. The van der Waals surface area contributed by atoms with Gasteiger partial charge in [0.25, 0.3) is 0 Å². The molecule has 0 aliphatic carbocycles.